The second-order valence-electron chi connectivity index (χ2n) is 2.30. The Morgan fingerprint density at radius 2 is 2.45 bits per heavy atom. The molecule has 1 rings (SSSR count). The third kappa shape index (κ3) is 2.15. The minimum atomic E-state index is 0.0229. The zero-order valence-corrected chi connectivity index (χ0v) is 7.49. The first-order valence-corrected chi connectivity index (χ1v) is 4.64. The van der Waals surface area contributed by atoms with Crippen molar-refractivity contribution in [3.8, 4) is 0 Å². The number of carbonyl (C=O) groups is 1. The van der Waals surface area contributed by atoms with Crippen LogP contribution in [0.2, 0.25) is 0 Å². The van der Waals surface area contributed by atoms with Crippen LogP contribution in [-0.2, 0) is 4.79 Å². The lowest BCUT2D eigenvalue weighted by Gasteiger charge is -2.22. The summed E-state index contributed by atoms with van der Waals surface area (Å²) in [5.74, 6) is 1.01. The number of thioether (sulfide) groups is 1. The zero-order chi connectivity index (χ0) is 8.27. The van der Waals surface area contributed by atoms with E-state index in [1.807, 2.05) is 0 Å². The molecule has 0 spiro atoms. The van der Waals surface area contributed by atoms with Crippen molar-refractivity contribution in [1.82, 2.24) is 10.6 Å². The summed E-state index contributed by atoms with van der Waals surface area (Å²) in [5, 5.41) is 5.88. The molecule has 3 nitrogen and oxygen atoms in total. The third-order valence-corrected chi connectivity index (χ3v) is 2.33. The normalized spacial score (nSPS) is 23.6. The van der Waals surface area contributed by atoms with Gasteiger partial charge in [-0.25, -0.2) is 0 Å². The Hall–Kier alpha value is -0.640. The highest BCUT2D eigenvalue weighted by atomic mass is 32.2. The fourth-order valence-corrected chi connectivity index (χ4v) is 1.49. The van der Waals surface area contributed by atoms with Gasteiger partial charge in [-0.2, -0.15) is 0 Å². The van der Waals surface area contributed by atoms with Gasteiger partial charge in [-0.3, -0.25) is 4.79 Å². The number of amides is 1. The average molecular weight is 172 g/mol. The van der Waals surface area contributed by atoms with Crippen LogP contribution < -0.4 is 10.6 Å². The fraction of sp³-hybridized carbons (Fsp3) is 0.571. The van der Waals surface area contributed by atoms with E-state index in [4.69, 9.17) is 0 Å². The van der Waals surface area contributed by atoms with Gasteiger partial charge in [-0.15, -0.1) is 11.8 Å². The van der Waals surface area contributed by atoms with Gasteiger partial charge in [0.1, 0.15) is 5.50 Å². The van der Waals surface area contributed by atoms with Gasteiger partial charge in [0.05, 0.1) is 0 Å². The summed E-state index contributed by atoms with van der Waals surface area (Å²) in [6.07, 6.45) is 1.76. The summed E-state index contributed by atoms with van der Waals surface area (Å²) in [4.78, 5) is 11.0. The molecule has 2 N–H and O–H groups in total. The maximum Gasteiger partial charge on any atom is 0.250 e. The van der Waals surface area contributed by atoms with Crippen LogP contribution in [0.1, 0.15) is 13.8 Å². The minimum absolute atomic E-state index is 0.0229. The van der Waals surface area contributed by atoms with Crippen molar-refractivity contribution in [3.05, 3.63) is 11.8 Å². The number of rotatable bonds is 2. The van der Waals surface area contributed by atoms with E-state index in [2.05, 4.69) is 17.6 Å². The van der Waals surface area contributed by atoms with E-state index in [9.17, 15) is 4.79 Å². The van der Waals surface area contributed by atoms with Crippen LogP contribution in [0.25, 0.3) is 0 Å². The van der Waals surface area contributed by atoms with Gasteiger partial charge in [0.15, 0.2) is 0 Å². The predicted octanol–water partition coefficient (Wildman–Crippen LogP) is 0.646. The van der Waals surface area contributed by atoms with Crippen molar-refractivity contribution in [2.75, 3.05) is 5.75 Å². The van der Waals surface area contributed by atoms with Gasteiger partial charge in [0.2, 0.25) is 0 Å². The summed E-state index contributed by atoms with van der Waals surface area (Å²) in [6.45, 7) is 3.85. The molecule has 11 heavy (non-hydrogen) atoms. The molecule has 0 aromatic rings. The molecule has 1 aliphatic rings. The Labute approximate surface area is 70.6 Å². The highest BCUT2D eigenvalue weighted by Crippen LogP contribution is 2.08. The average Bonchev–Trinajstić information content (AvgIpc) is 1.98. The van der Waals surface area contributed by atoms with Crippen molar-refractivity contribution in [2.24, 2.45) is 0 Å². The number of carbonyl (C=O) groups excluding carboxylic acids is 1. The number of hydrogen-bond acceptors (Lipinski definition) is 3. The van der Waals surface area contributed by atoms with Crippen LogP contribution >= 0.6 is 11.8 Å². The lowest BCUT2D eigenvalue weighted by molar-refractivity contribution is -0.118. The SMILES string of the molecule is CCSC1NC=C(C)C(=O)N1. The Balaban J connectivity index is 2.48. The highest BCUT2D eigenvalue weighted by Gasteiger charge is 2.15. The molecule has 0 saturated heterocycles. The van der Waals surface area contributed by atoms with E-state index in [0.29, 0.717) is 0 Å². The van der Waals surface area contributed by atoms with Gasteiger partial charge < -0.3 is 10.6 Å². The minimum Gasteiger partial charge on any atom is -0.362 e. The van der Waals surface area contributed by atoms with E-state index >= 15 is 0 Å². The summed E-state index contributed by atoms with van der Waals surface area (Å²) in [6, 6.07) is 0. The molecule has 1 atom stereocenters. The van der Waals surface area contributed by atoms with E-state index in [1.54, 1.807) is 24.9 Å². The van der Waals surface area contributed by atoms with Gasteiger partial charge >= 0.3 is 0 Å². The lowest BCUT2D eigenvalue weighted by atomic mass is 10.3. The van der Waals surface area contributed by atoms with Crippen LogP contribution in [0.3, 0.4) is 0 Å². The van der Waals surface area contributed by atoms with E-state index < -0.39 is 0 Å². The van der Waals surface area contributed by atoms with Gasteiger partial charge in [0, 0.05) is 11.8 Å². The largest absolute Gasteiger partial charge is 0.362 e. The third-order valence-electron chi connectivity index (χ3n) is 1.40. The van der Waals surface area contributed by atoms with Gasteiger partial charge in [-0.1, -0.05) is 6.92 Å². The van der Waals surface area contributed by atoms with Gasteiger partial charge in [-0.05, 0) is 12.7 Å². The standard InChI is InChI=1S/C7H12N2OS/c1-3-11-7-8-4-5(2)6(10)9-7/h4,7-8H,3H2,1-2H3,(H,9,10). The first-order valence-electron chi connectivity index (χ1n) is 3.59. The number of nitrogens with one attached hydrogen (secondary N) is 2. The molecule has 62 valence electrons. The van der Waals surface area contributed by atoms with Gasteiger partial charge in [0.25, 0.3) is 5.91 Å². The second kappa shape index (κ2) is 3.67. The molecular weight excluding hydrogens is 160 g/mol. The summed E-state index contributed by atoms with van der Waals surface area (Å²) in [7, 11) is 0. The lowest BCUT2D eigenvalue weighted by Crippen LogP contribution is -2.45. The van der Waals surface area contributed by atoms with Crippen molar-refractivity contribution < 1.29 is 4.79 Å². The van der Waals surface area contributed by atoms with E-state index in [-0.39, 0.29) is 11.4 Å². The van der Waals surface area contributed by atoms with Crippen LogP contribution in [0.5, 0.6) is 0 Å². The Morgan fingerprint density at radius 3 is 3.00 bits per heavy atom. The predicted molar refractivity (Wildman–Crippen MR) is 47.0 cm³/mol. The Morgan fingerprint density at radius 1 is 1.73 bits per heavy atom. The topological polar surface area (TPSA) is 41.1 Å². The van der Waals surface area contributed by atoms with Crippen molar-refractivity contribution >= 4 is 17.7 Å². The molecule has 1 aliphatic heterocycles. The first-order chi connectivity index (χ1) is 5.24. The van der Waals surface area contributed by atoms with E-state index in [0.717, 1.165) is 11.3 Å². The fourth-order valence-electron chi connectivity index (χ4n) is 0.797. The molecule has 1 amide bonds. The molecule has 0 bridgehead atoms. The molecule has 0 aromatic heterocycles. The molecule has 0 aliphatic carbocycles. The summed E-state index contributed by atoms with van der Waals surface area (Å²) in [5.41, 5.74) is 0.786. The summed E-state index contributed by atoms with van der Waals surface area (Å²) >= 11 is 1.67. The molecule has 1 heterocycles. The van der Waals surface area contributed by atoms with Crippen molar-refractivity contribution in [2.45, 2.75) is 19.3 Å². The first kappa shape index (κ1) is 8.46. The van der Waals surface area contributed by atoms with Crippen LogP contribution in [0.4, 0.5) is 0 Å². The zero-order valence-electron chi connectivity index (χ0n) is 6.68. The molecule has 0 aromatic carbocycles. The van der Waals surface area contributed by atoms with E-state index in [1.165, 1.54) is 0 Å². The van der Waals surface area contributed by atoms with Crippen LogP contribution in [0, 0.1) is 0 Å². The van der Waals surface area contributed by atoms with Crippen LogP contribution in [-0.4, -0.2) is 17.2 Å². The van der Waals surface area contributed by atoms with Crippen molar-refractivity contribution in [1.29, 1.82) is 0 Å². The Bertz CT molecular complexity index is 191. The maximum absolute atomic E-state index is 11.0. The maximum atomic E-state index is 11.0. The monoisotopic (exact) mass is 172 g/mol. The highest BCUT2D eigenvalue weighted by molar-refractivity contribution is 7.99. The molecular formula is C7H12N2OS. The molecule has 0 fully saturated rings. The molecule has 0 saturated carbocycles. The van der Waals surface area contributed by atoms with Crippen LogP contribution in [0.15, 0.2) is 11.8 Å². The Kier molecular flexibility index (Phi) is 2.82. The van der Waals surface area contributed by atoms with Crippen molar-refractivity contribution in [3.63, 3.8) is 0 Å². The second-order valence-corrected chi connectivity index (χ2v) is 3.68. The quantitative estimate of drug-likeness (QED) is 0.642. The molecule has 0 radical (unpaired) electrons. The summed E-state index contributed by atoms with van der Waals surface area (Å²) < 4.78 is 0. The number of hydrogen-bond donors (Lipinski definition) is 2. The molecule has 4 heteroatoms. The smallest absolute Gasteiger partial charge is 0.250 e. The molecule has 1 unspecified atom stereocenters.